The van der Waals surface area contributed by atoms with Crippen molar-refractivity contribution in [2.24, 2.45) is 0 Å². The standard InChI is InChI=1S/C14H21BrN2O/c1-11-9-16(2)6-3-7-17(11)10-12-8-13(15)4-5-14(12)18/h4-5,8,11,18H,3,6-7,9-10H2,1-2H3. The van der Waals surface area contributed by atoms with Crippen LogP contribution in [-0.2, 0) is 6.54 Å². The van der Waals surface area contributed by atoms with E-state index in [1.165, 1.54) is 6.42 Å². The molecule has 0 saturated carbocycles. The highest BCUT2D eigenvalue weighted by molar-refractivity contribution is 9.10. The Labute approximate surface area is 118 Å². The van der Waals surface area contributed by atoms with Crippen LogP contribution < -0.4 is 0 Å². The normalized spacial score (nSPS) is 22.9. The summed E-state index contributed by atoms with van der Waals surface area (Å²) in [5.41, 5.74) is 1.00. The maximum atomic E-state index is 9.92. The monoisotopic (exact) mass is 312 g/mol. The summed E-state index contributed by atoms with van der Waals surface area (Å²) in [5, 5.41) is 9.92. The number of rotatable bonds is 2. The molecule has 2 rings (SSSR count). The molecule has 1 aromatic carbocycles. The van der Waals surface area contributed by atoms with Gasteiger partial charge in [0.1, 0.15) is 5.75 Å². The minimum atomic E-state index is 0.392. The SMILES string of the molecule is CC1CN(C)CCCN1Cc1cc(Br)ccc1O. The minimum Gasteiger partial charge on any atom is -0.508 e. The minimum absolute atomic E-state index is 0.392. The number of halogens is 1. The summed E-state index contributed by atoms with van der Waals surface area (Å²) < 4.78 is 1.02. The number of nitrogens with zero attached hydrogens (tertiary/aromatic N) is 2. The van der Waals surface area contributed by atoms with Crippen molar-refractivity contribution in [3.8, 4) is 5.75 Å². The maximum absolute atomic E-state index is 9.92. The van der Waals surface area contributed by atoms with Crippen LogP contribution >= 0.6 is 15.9 Å². The van der Waals surface area contributed by atoms with Gasteiger partial charge in [0, 0.05) is 35.7 Å². The van der Waals surface area contributed by atoms with Gasteiger partial charge in [-0.05, 0) is 45.1 Å². The van der Waals surface area contributed by atoms with E-state index in [2.05, 4.69) is 39.7 Å². The van der Waals surface area contributed by atoms with Gasteiger partial charge in [-0.3, -0.25) is 4.90 Å². The molecule has 1 atom stereocenters. The van der Waals surface area contributed by atoms with Crippen LogP contribution in [0.3, 0.4) is 0 Å². The maximum Gasteiger partial charge on any atom is 0.120 e. The van der Waals surface area contributed by atoms with Crippen LogP contribution in [0.4, 0.5) is 0 Å². The van der Waals surface area contributed by atoms with Crippen LogP contribution in [0.25, 0.3) is 0 Å². The van der Waals surface area contributed by atoms with E-state index in [1.807, 2.05) is 12.1 Å². The first-order valence-corrected chi connectivity index (χ1v) is 7.25. The van der Waals surface area contributed by atoms with Gasteiger partial charge in [-0.2, -0.15) is 0 Å². The first-order valence-electron chi connectivity index (χ1n) is 6.46. The molecule has 0 amide bonds. The van der Waals surface area contributed by atoms with Gasteiger partial charge in [-0.15, -0.1) is 0 Å². The van der Waals surface area contributed by atoms with Gasteiger partial charge in [-0.1, -0.05) is 15.9 Å². The van der Waals surface area contributed by atoms with E-state index in [-0.39, 0.29) is 0 Å². The van der Waals surface area contributed by atoms with Crippen molar-refractivity contribution in [1.29, 1.82) is 0 Å². The largest absolute Gasteiger partial charge is 0.508 e. The second-order valence-corrected chi connectivity index (χ2v) is 6.12. The highest BCUT2D eigenvalue weighted by Gasteiger charge is 2.20. The summed E-state index contributed by atoms with van der Waals surface area (Å²) in [6, 6.07) is 6.17. The predicted molar refractivity (Wildman–Crippen MR) is 77.8 cm³/mol. The number of hydrogen-bond donors (Lipinski definition) is 1. The van der Waals surface area contributed by atoms with E-state index in [4.69, 9.17) is 0 Å². The molecule has 1 aromatic rings. The van der Waals surface area contributed by atoms with E-state index < -0.39 is 0 Å². The first kappa shape index (κ1) is 13.8. The smallest absolute Gasteiger partial charge is 0.120 e. The van der Waals surface area contributed by atoms with Crippen LogP contribution in [0.1, 0.15) is 18.9 Å². The second kappa shape index (κ2) is 6.04. The Balaban J connectivity index is 2.09. The van der Waals surface area contributed by atoms with Crippen molar-refractivity contribution in [2.45, 2.75) is 25.9 Å². The number of aromatic hydroxyl groups is 1. The molecule has 0 radical (unpaired) electrons. The van der Waals surface area contributed by atoms with E-state index in [1.54, 1.807) is 6.07 Å². The van der Waals surface area contributed by atoms with Gasteiger partial charge in [0.05, 0.1) is 0 Å². The topological polar surface area (TPSA) is 26.7 Å². The average Bonchev–Trinajstić information content (AvgIpc) is 2.46. The summed E-state index contributed by atoms with van der Waals surface area (Å²) in [7, 11) is 2.18. The predicted octanol–water partition coefficient (Wildman–Crippen LogP) is 2.68. The van der Waals surface area contributed by atoms with Crippen molar-refractivity contribution in [3.63, 3.8) is 0 Å². The molecule has 0 aliphatic carbocycles. The molecule has 1 N–H and O–H groups in total. The third kappa shape index (κ3) is 3.46. The molecule has 100 valence electrons. The molecular formula is C14H21BrN2O. The number of hydrogen-bond acceptors (Lipinski definition) is 3. The highest BCUT2D eigenvalue weighted by Crippen LogP contribution is 2.24. The summed E-state index contributed by atoms with van der Waals surface area (Å²) in [4.78, 5) is 4.83. The first-order chi connectivity index (χ1) is 8.56. The third-order valence-corrected chi connectivity index (χ3v) is 4.09. The number of phenolic OH excluding ortho intramolecular Hbond substituents is 1. The molecular weight excluding hydrogens is 292 g/mol. The van der Waals surface area contributed by atoms with Crippen molar-refractivity contribution in [2.75, 3.05) is 26.7 Å². The van der Waals surface area contributed by atoms with E-state index >= 15 is 0 Å². The molecule has 0 bridgehead atoms. The Kier molecular flexibility index (Phi) is 4.65. The quantitative estimate of drug-likeness (QED) is 0.909. The van der Waals surface area contributed by atoms with Gasteiger partial charge in [0.25, 0.3) is 0 Å². The molecule has 0 aromatic heterocycles. The lowest BCUT2D eigenvalue weighted by atomic mass is 10.1. The third-order valence-electron chi connectivity index (χ3n) is 3.60. The Morgan fingerprint density at radius 1 is 1.39 bits per heavy atom. The molecule has 1 unspecified atom stereocenters. The van der Waals surface area contributed by atoms with Crippen molar-refractivity contribution < 1.29 is 5.11 Å². The molecule has 1 saturated heterocycles. The van der Waals surface area contributed by atoms with Crippen LogP contribution in [-0.4, -0.2) is 47.6 Å². The zero-order valence-electron chi connectivity index (χ0n) is 11.1. The molecule has 18 heavy (non-hydrogen) atoms. The lowest BCUT2D eigenvalue weighted by molar-refractivity contribution is 0.193. The number of phenols is 1. The molecule has 4 heteroatoms. The van der Waals surface area contributed by atoms with E-state index in [9.17, 15) is 5.11 Å². The van der Waals surface area contributed by atoms with E-state index in [0.29, 0.717) is 11.8 Å². The average molecular weight is 313 g/mol. The molecule has 3 nitrogen and oxygen atoms in total. The van der Waals surface area contributed by atoms with Crippen LogP contribution in [0.15, 0.2) is 22.7 Å². The van der Waals surface area contributed by atoms with Crippen LogP contribution in [0.2, 0.25) is 0 Å². The lowest BCUT2D eigenvalue weighted by Gasteiger charge is -2.28. The fourth-order valence-electron chi connectivity index (χ4n) is 2.56. The lowest BCUT2D eigenvalue weighted by Crippen LogP contribution is -2.37. The van der Waals surface area contributed by atoms with Gasteiger partial charge < -0.3 is 10.0 Å². The zero-order valence-corrected chi connectivity index (χ0v) is 12.7. The summed E-state index contributed by atoms with van der Waals surface area (Å²) in [6.45, 7) is 6.43. The van der Waals surface area contributed by atoms with Gasteiger partial charge in [-0.25, -0.2) is 0 Å². The fraction of sp³-hybridized carbons (Fsp3) is 0.571. The molecule has 1 aliphatic heterocycles. The van der Waals surface area contributed by atoms with Crippen LogP contribution in [0, 0.1) is 0 Å². The second-order valence-electron chi connectivity index (χ2n) is 5.21. The van der Waals surface area contributed by atoms with Gasteiger partial charge in [0.2, 0.25) is 0 Å². The fourth-order valence-corrected chi connectivity index (χ4v) is 2.96. The zero-order chi connectivity index (χ0) is 13.1. The van der Waals surface area contributed by atoms with Gasteiger partial charge in [0.15, 0.2) is 0 Å². The summed E-state index contributed by atoms with van der Waals surface area (Å²) >= 11 is 3.46. The summed E-state index contributed by atoms with van der Waals surface area (Å²) in [6.07, 6.45) is 1.19. The van der Waals surface area contributed by atoms with Crippen molar-refractivity contribution in [1.82, 2.24) is 9.80 Å². The molecule has 0 spiro atoms. The van der Waals surface area contributed by atoms with Gasteiger partial charge >= 0.3 is 0 Å². The molecule has 1 fully saturated rings. The van der Waals surface area contributed by atoms with E-state index in [0.717, 1.165) is 36.2 Å². The Bertz CT molecular complexity index is 411. The number of likely N-dealkylation sites (N-methyl/N-ethyl adjacent to an activating group) is 1. The molecule has 1 heterocycles. The van der Waals surface area contributed by atoms with Crippen LogP contribution in [0.5, 0.6) is 5.75 Å². The highest BCUT2D eigenvalue weighted by atomic mass is 79.9. The Hall–Kier alpha value is -0.580. The molecule has 1 aliphatic rings. The van der Waals surface area contributed by atoms with Crippen molar-refractivity contribution >= 4 is 15.9 Å². The Morgan fingerprint density at radius 3 is 2.94 bits per heavy atom. The number of benzene rings is 1. The van der Waals surface area contributed by atoms with Crippen molar-refractivity contribution in [3.05, 3.63) is 28.2 Å². The summed E-state index contributed by atoms with van der Waals surface area (Å²) in [5.74, 6) is 0.392. The Morgan fingerprint density at radius 2 is 2.17 bits per heavy atom.